The zero-order valence-corrected chi connectivity index (χ0v) is 23.2. The van der Waals surface area contributed by atoms with Crippen molar-refractivity contribution in [2.75, 3.05) is 7.11 Å². The summed E-state index contributed by atoms with van der Waals surface area (Å²) in [5, 5.41) is 10.4. The molecule has 37 heavy (non-hydrogen) atoms. The van der Waals surface area contributed by atoms with Gasteiger partial charge in [-0.2, -0.15) is 0 Å². The van der Waals surface area contributed by atoms with Gasteiger partial charge >= 0.3 is 11.9 Å². The molecular weight excluding hydrogens is 464 g/mol. The van der Waals surface area contributed by atoms with E-state index in [2.05, 4.69) is 20.8 Å². The first-order valence-corrected chi connectivity index (χ1v) is 14.7. The van der Waals surface area contributed by atoms with Gasteiger partial charge in [0.2, 0.25) is 0 Å². The number of benzene rings is 1. The number of aliphatic hydroxyl groups is 1. The molecule has 0 saturated heterocycles. The number of carbonyl (C=O) groups excluding carboxylic acids is 2. The highest BCUT2D eigenvalue weighted by Crippen LogP contribution is 2.69. The molecule has 1 aromatic rings. The standard InChI is InChI=1S/C32H46O5/c1-20(10-15-29(34)36-4)25-13-14-26-24-12-11-22-18-23(33)16-17-31(22,2)27(24)19-28(32(25,26)3)37-30(35)21-8-6-5-7-9-21/h5-9,20,22-28,33H,10-19H2,1-4H3/t20?,22-,23-,24?,25?,26?,27?,28+,31+,32-/m1/s1. The Morgan fingerprint density at radius 2 is 1.78 bits per heavy atom. The smallest absolute Gasteiger partial charge is 0.338 e. The zero-order chi connectivity index (χ0) is 26.4. The number of methoxy groups -OCH3 is 1. The number of rotatable bonds is 6. The molecule has 5 heteroatoms. The maximum Gasteiger partial charge on any atom is 0.338 e. The lowest BCUT2D eigenvalue weighted by molar-refractivity contribution is -0.176. The van der Waals surface area contributed by atoms with Gasteiger partial charge in [0, 0.05) is 11.8 Å². The highest BCUT2D eigenvalue weighted by Gasteiger charge is 2.65. The molecule has 0 aromatic heterocycles. The minimum absolute atomic E-state index is 0.0987. The van der Waals surface area contributed by atoms with Crippen LogP contribution < -0.4 is 0 Å². The van der Waals surface area contributed by atoms with Crippen molar-refractivity contribution in [1.82, 2.24) is 0 Å². The minimum atomic E-state index is -0.214. The molecule has 1 N–H and O–H groups in total. The van der Waals surface area contributed by atoms with Crippen molar-refractivity contribution < 1.29 is 24.2 Å². The first-order chi connectivity index (χ1) is 17.7. The van der Waals surface area contributed by atoms with E-state index in [1.165, 1.54) is 26.4 Å². The fraction of sp³-hybridized carbons (Fsp3) is 0.750. The van der Waals surface area contributed by atoms with Crippen LogP contribution in [0.5, 0.6) is 0 Å². The molecule has 0 spiro atoms. The molecule has 1 aromatic carbocycles. The van der Waals surface area contributed by atoms with Gasteiger partial charge in [-0.3, -0.25) is 4.79 Å². The van der Waals surface area contributed by atoms with E-state index in [1.54, 1.807) is 0 Å². The fourth-order valence-electron chi connectivity index (χ4n) is 9.73. The second-order valence-electron chi connectivity index (χ2n) is 13.2. The zero-order valence-electron chi connectivity index (χ0n) is 23.2. The summed E-state index contributed by atoms with van der Waals surface area (Å²) >= 11 is 0. The molecule has 5 unspecified atom stereocenters. The van der Waals surface area contributed by atoms with Crippen LogP contribution in [-0.4, -0.2) is 36.4 Å². The molecule has 4 saturated carbocycles. The largest absolute Gasteiger partial charge is 0.469 e. The van der Waals surface area contributed by atoms with Crippen molar-refractivity contribution in [3.8, 4) is 0 Å². The summed E-state index contributed by atoms with van der Waals surface area (Å²) in [6.45, 7) is 7.16. The number of esters is 2. The van der Waals surface area contributed by atoms with Crippen LogP contribution >= 0.6 is 0 Å². The predicted octanol–water partition coefficient (Wildman–Crippen LogP) is 6.43. The highest BCUT2D eigenvalue weighted by atomic mass is 16.5. The third kappa shape index (κ3) is 4.64. The third-order valence-corrected chi connectivity index (χ3v) is 11.8. The van der Waals surface area contributed by atoms with Crippen molar-refractivity contribution in [2.24, 2.45) is 46.3 Å². The van der Waals surface area contributed by atoms with Gasteiger partial charge in [-0.15, -0.1) is 0 Å². The third-order valence-electron chi connectivity index (χ3n) is 11.8. The fourth-order valence-corrected chi connectivity index (χ4v) is 9.73. The Bertz CT molecular complexity index is 977. The first kappa shape index (κ1) is 26.7. The number of ether oxygens (including phenoxy) is 2. The van der Waals surface area contributed by atoms with Crippen LogP contribution in [0.15, 0.2) is 30.3 Å². The number of hydrogen-bond acceptors (Lipinski definition) is 5. The molecule has 204 valence electrons. The number of fused-ring (bicyclic) bond motifs is 5. The summed E-state index contributed by atoms with van der Waals surface area (Å²) in [6, 6.07) is 9.41. The van der Waals surface area contributed by atoms with E-state index in [1.807, 2.05) is 30.3 Å². The average molecular weight is 511 g/mol. The van der Waals surface area contributed by atoms with Crippen LogP contribution in [0.3, 0.4) is 0 Å². The Labute approximate surface area is 222 Å². The summed E-state index contributed by atoms with van der Waals surface area (Å²) in [4.78, 5) is 25.4. The maximum atomic E-state index is 13.4. The van der Waals surface area contributed by atoms with Crippen LogP contribution in [0.4, 0.5) is 0 Å². The van der Waals surface area contributed by atoms with Gasteiger partial charge in [0.1, 0.15) is 6.10 Å². The van der Waals surface area contributed by atoms with E-state index in [0.717, 1.165) is 38.5 Å². The lowest BCUT2D eigenvalue weighted by Gasteiger charge is -2.62. The van der Waals surface area contributed by atoms with E-state index in [4.69, 9.17) is 9.47 Å². The molecule has 0 heterocycles. The van der Waals surface area contributed by atoms with Crippen molar-refractivity contribution >= 4 is 11.9 Å². The van der Waals surface area contributed by atoms with Gasteiger partial charge in [0.15, 0.2) is 0 Å². The normalized spacial score (nSPS) is 41.6. The van der Waals surface area contributed by atoms with Gasteiger partial charge in [-0.1, -0.05) is 39.0 Å². The van der Waals surface area contributed by atoms with Crippen LogP contribution in [0.1, 0.15) is 95.3 Å². The van der Waals surface area contributed by atoms with Gasteiger partial charge in [-0.05, 0) is 111 Å². The summed E-state index contributed by atoms with van der Waals surface area (Å²) in [5.41, 5.74) is 0.722. The molecule has 0 amide bonds. The molecule has 4 aliphatic rings. The molecular formula is C32H46O5. The van der Waals surface area contributed by atoms with E-state index >= 15 is 0 Å². The predicted molar refractivity (Wildman–Crippen MR) is 143 cm³/mol. The van der Waals surface area contributed by atoms with E-state index < -0.39 is 0 Å². The summed E-state index contributed by atoms with van der Waals surface area (Å²) in [6.07, 6.45) is 9.48. The summed E-state index contributed by atoms with van der Waals surface area (Å²) in [5.74, 6) is 2.66. The van der Waals surface area contributed by atoms with E-state index in [-0.39, 0.29) is 35.0 Å². The van der Waals surface area contributed by atoms with Gasteiger partial charge < -0.3 is 14.6 Å². The molecule has 5 nitrogen and oxygen atoms in total. The van der Waals surface area contributed by atoms with Crippen molar-refractivity contribution in [3.05, 3.63) is 35.9 Å². The molecule has 4 fully saturated rings. The molecule has 5 rings (SSSR count). The highest BCUT2D eigenvalue weighted by molar-refractivity contribution is 5.89. The quantitative estimate of drug-likeness (QED) is 0.447. The molecule has 10 atom stereocenters. The molecule has 0 aliphatic heterocycles. The van der Waals surface area contributed by atoms with Crippen molar-refractivity contribution in [3.63, 3.8) is 0 Å². The summed E-state index contributed by atoms with van der Waals surface area (Å²) in [7, 11) is 1.46. The van der Waals surface area contributed by atoms with Gasteiger partial charge in [0.25, 0.3) is 0 Å². The Kier molecular flexibility index (Phi) is 7.48. The number of hydrogen-bond donors (Lipinski definition) is 1. The molecule has 0 bridgehead atoms. The van der Waals surface area contributed by atoms with Crippen LogP contribution in [0, 0.1) is 46.3 Å². The Morgan fingerprint density at radius 1 is 1.03 bits per heavy atom. The minimum Gasteiger partial charge on any atom is -0.469 e. The van der Waals surface area contributed by atoms with Crippen LogP contribution in [0.25, 0.3) is 0 Å². The lowest BCUT2D eigenvalue weighted by Crippen LogP contribution is -2.59. The maximum absolute atomic E-state index is 13.4. The van der Waals surface area contributed by atoms with E-state index in [0.29, 0.717) is 47.5 Å². The van der Waals surface area contributed by atoms with Gasteiger partial charge in [-0.25, -0.2) is 4.79 Å². The van der Waals surface area contributed by atoms with E-state index in [9.17, 15) is 14.7 Å². The summed E-state index contributed by atoms with van der Waals surface area (Å²) < 4.78 is 11.5. The van der Waals surface area contributed by atoms with Crippen LogP contribution in [0.2, 0.25) is 0 Å². The second kappa shape index (κ2) is 10.4. The Balaban J connectivity index is 1.46. The average Bonchev–Trinajstić information content (AvgIpc) is 3.26. The first-order valence-electron chi connectivity index (χ1n) is 14.7. The molecule has 0 radical (unpaired) electrons. The Morgan fingerprint density at radius 3 is 2.51 bits per heavy atom. The topological polar surface area (TPSA) is 72.8 Å². The van der Waals surface area contributed by atoms with Crippen LogP contribution in [-0.2, 0) is 14.3 Å². The SMILES string of the molecule is COC(=O)CCC(C)C1CCC2C3CC[C@@H]4C[C@H](O)CC[C@]4(C)C3C[C@H](OC(=O)c3ccccc3)[C@]12C. The number of carbonyl (C=O) groups is 2. The second-order valence-corrected chi connectivity index (χ2v) is 13.2. The lowest BCUT2D eigenvalue weighted by atomic mass is 9.43. The number of aliphatic hydroxyl groups excluding tert-OH is 1. The molecule has 4 aliphatic carbocycles. The van der Waals surface area contributed by atoms with Crippen molar-refractivity contribution in [1.29, 1.82) is 0 Å². The monoisotopic (exact) mass is 510 g/mol. The Hall–Kier alpha value is -1.88. The van der Waals surface area contributed by atoms with Crippen molar-refractivity contribution in [2.45, 2.75) is 97.2 Å². The van der Waals surface area contributed by atoms with Gasteiger partial charge in [0.05, 0.1) is 18.8 Å².